The van der Waals surface area contributed by atoms with Crippen LogP contribution in [0.5, 0.6) is 0 Å². The summed E-state index contributed by atoms with van der Waals surface area (Å²) in [5.41, 5.74) is -0.637. The number of fused-ring (bicyclic) bond motifs is 1. The summed E-state index contributed by atoms with van der Waals surface area (Å²) in [5.74, 6) is -0.615. The van der Waals surface area contributed by atoms with Crippen molar-refractivity contribution >= 4 is 29.2 Å². The Morgan fingerprint density at radius 2 is 1.96 bits per heavy atom. The summed E-state index contributed by atoms with van der Waals surface area (Å²) in [6, 6.07) is 3.89. The highest BCUT2D eigenvalue weighted by Gasteiger charge is 2.36. The average Bonchev–Trinajstić information content (AvgIpc) is 2.65. The number of halogens is 1. The average molecular weight is 381 g/mol. The first-order chi connectivity index (χ1) is 12.5. The first-order valence-electron chi connectivity index (χ1n) is 8.88. The summed E-state index contributed by atoms with van der Waals surface area (Å²) in [5, 5.41) is 11.2. The maximum absolute atomic E-state index is 12.6. The first-order valence-corrected chi connectivity index (χ1v) is 9.25. The highest BCUT2D eigenvalue weighted by Crippen LogP contribution is 2.35. The molecule has 1 saturated carbocycles. The molecule has 0 aromatic heterocycles. The van der Waals surface area contributed by atoms with E-state index in [1.807, 2.05) is 4.90 Å². The van der Waals surface area contributed by atoms with E-state index in [0.717, 1.165) is 38.2 Å². The van der Waals surface area contributed by atoms with Gasteiger partial charge in [-0.15, -0.1) is 0 Å². The molecule has 26 heavy (non-hydrogen) atoms. The van der Waals surface area contributed by atoms with Crippen molar-refractivity contribution in [3.05, 3.63) is 38.9 Å². The lowest BCUT2D eigenvalue weighted by molar-refractivity contribution is -0.385. The SMILES string of the molecule is O=C(OCC(=O)N1CCC[C@@H]2CCCC[C@@H]21)c1cc(Cl)ccc1[N+](=O)[O-]. The minimum Gasteiger partial charge on any atom is -0.452 e. The monoisotopic (exact) mass is 380 g/mol. The van der Waals surface area contributed by atoms with Crippen LogP contribution in [-0.4, -0.2) is 40.9 Å². The Labute approximate surface area is 156 Å². The Kier molecular flexibility index (Phi) is 5.76. The maximum Gasteiger partial charge on any atom is 0.345 e. The molecule has 0 radical (unpaired) electrons. The van der Waals surface area contributed by atoms with E-state index in [9.17, 15) is 19.7 Å². The normalized spacial score (nSPS) is 22.4. The molecule has 1 heterocycles. The van der Waals surface area contributed by atoms with Gasteiger partial charge in [0.1, 0.15) is 5.56 Å². The molecule has 7 nitrogen and oxygen atoms in total. The second-order valence-electron chi connectivity index (χ2n) is 6.84. The highest BCUT2D eigenvalue weighted by atomic mass is 35.5. The molecule has 3 rings (SSSR count). The quantitative estimate of drug-likeness (QED) is 0.452. The Morgan fingerprint density at radius 3 is 2.73 bits per heavy atom. The van der Waals surface area contributed by atoms with Crippen molar-refractivity contribution in [2.75, 3.05) is 13.2 Å². The number of hydrogen-bond acceptors (Lipinski definition) is 5. The number of esters is 1. The lowest BCUT2D eigenvalue weighted by atomic mass is 9.78. The minimum absolute atomic E-state index is 0.190. The Bertz CT molecular complexity index is 722. The van der Waals surface area contributed by atoms with Gasteiger partial charge in [0.25, 0.3) is 11.6 Å². The van der Waals surface area contributed by atoms with Gasteiger partial charge < -0.3 is 9.64 Å². The highest BCUT2D eigenvalue weighted by molar-refractivity contribution is 6.31. The summed E-state index contributed by atoms with van der Waals surface area (Å²) in [4.78, 5) is 37.0. The molecule has 8 heteroatoms. The predicted molar refractivity (Wildman–Crippen MR) is 95.1 cm³/mol. The van der Waals surface area contributed by atoms with Crippen molar-refractivity contribution in [2.45, 2.75) is 44.6 Å². The van der Waals surface area contributed by atoms with Crippen LogP contribution in [0, 0.1) is 16.0 Å². The van der Waals surface area contributed by atoms with Gasteiger partial charge in [0.2, 0.25) is 0 Å². The number of amides is 1. The number of likely N-dealkylation sites (tertiary alicyclic amines) is 1. The molecule has 0 bridgehead atoms. The van der Waals surface area contributed by atoms with E-state index in [0.29, 0.717) is 12.5 Å². The van der Waals surface area contributed by atoms with Crippen LogP contribution in [0.1, 0.15) is 48.9 Å². The fraction of sp³-hybridized carbons (Fsp3) is 0.556. The standard InChI is InChI=1S/C18H21ClN2O5/c19-13-7-8-16(21(24)25)14(10-13)18(23)26-11-17(22)20-9-3-5-12-4-1-2-6-15(12)20/h7-8,10,12,15H,1-6,9,11H2/t12-,15-/m0/s1. The Balaban J connectivity index is 1.65. The van der Waals surface area contributed by atoms with Crippen LogP contribution < -0.4 is 0 Å². The van der Waals surface area contributed by atoms with Gasteiger partial charge in [0, 0.05) is 23.7 Å². The molecular weight excluding hydrogens is 360 g/mol. The molecule has 2 aliphatic rings. The molecule has 1 aromatic rings. The third-order valence-corrected chi connectivity index (χ3v) is 5.50. The Hall–Kier alpha value is -2.15. The van der Waals surface area contributed by atoms with Gasteiger partial charge in [-0.3, -0.25) is 14.9 Å². The third kappa shape index (κ3) is 3.98. The van der Waals surface area contributed by atoms with Gasteiger partial charge in [0.15, 0.2) is 6.61 Å². The van der Waals surface area contributed by atoms with Crippen molar-refractivity contribution in [3.63, 3.8) is 0 Å². The van der Waals surface area contributed by atoms with E-state index in [2.05, 4.69) is 0 Å². The number of rotatable bonds is 4. The number of ether oxygens (including phenoxy) is 1. The molecular formula is C18H21ClN2O5. The Morgan fingerprint density at radius 1 is 1.23 bits per heavy atom. The number of carbonyl (C=O) groups is 2. The van der Waals surface area contributed by atoms with Crippen molar-refractivity contribution in [2.24, 2.45) is 5.92 Å². The number of nitro benzene ring substituents is 1. The van der Waals surface area contributed by atoms with Gasteiger partial charge in [-0.25, -0.2) is 4.79 Å². The lowest BCUT2D eigenvalue weighted by Crippen LogP contribution is -2.50. The molecule has 1 aliphatic heterocycles. The summed E-state index contributed by atoms with van der Waals surface area (Å²) in [6.45, 7) is 0.264. The number of hydrogen-bond donors (Lipinski definition) is 0. The number of nitro groups is 1. The van der Waals surface area contributed by atoms with E-state index in [4.69, 9.17) is 16.3 Å². The van der Waals surface area contributed by atoms with E-state index in [-0.39, 0.29) is 22.5 Å². The van der Waals surface area contributed by atoms with Crippen molar-refractivity contribution in [1.29, 1.82) is 0 Å². The van der Waals surface area contributed by atoms with Crippen molar-refractivity contribution in [3.8, 4) is 0 Å². The van der Waals surface area contributed by atoms with Crippen LogP contribution in [0.15, 0.2) is 18.2 Å². The lowest BCUT2D eigenvalue weighted by Gasteiger charge is -2.44. The molecule has 1 aliphatic carbocycles. The zero-order valence-corrected chi connectivity index (χ0v) is 15.1. The second-order valence-corrected chi connectivity index (χ2v) is 7.27. The van der Waals surface area contributed by atoms with Crippen LogP contribution in [0.2, 0.25) is 5.02 Å². The predicted octanol–water partition coefficient (Wildman–Crippen LogP) is 3.59. The zero-order chi connectivity index (χ0) is 18.7. The summed E-state index contributed by atoms with van der Waals surface area (Å²) in [6.07, 6.45) is 6.55. The molecule has 0 unspecified atom stereocenters. The van der Waals surface area contributed by atoms with E-state index in [1.54, 1.807) is 0 Å². The van der Waals surface area contributed by atoms with Crippen molar-refractivity contribution in [1.82, 2.24) is 4.90 Å². The molecule has 0 spiro atoms. The van der Waals surface area contributed by atoms with E-state index >= 15 is 0 Å². The van der Waals surface area contributed by atoms with Crippen LogP contribution in [0.3, 0.4) is 0 Å². The van der Waals surface area contributed by atoms with Crippen molar-refractivity contribution < 1.29 is 19.2 Å². The zero-order valence-electron chi connectivity index (χ0n) is 14.4. The van der Waals surface area contributed by atoms with Gasteiger partial charge in [-0.1, -0.05) is 24.4 Å². The van der Waals surface area contributed by atoms with Gasteiger partial charge in [-0.05, 0) is 43.7 Å². The van der Waals surface area contributed by atoms with Gasteiger partial charge in [0.05, 0.1) is 4.92 Å². The van der Waals surface area contributed by atoms with Crippen LogP contribution in [-0.2, 0) is 9.53 Å². The number of nitrogens with zero attached hydrogens (tertiary/aromatic N) is 2. The van der Waals surface area contributed by atoms with Gasteiger partial charge >= 0.3 is 5.97 Å². The second kappa shape index (κ2) is 8.03. The third-order valence-electron chi connectivity index (χ3n) is 5.27. The molecule has 1 aromatic carbocycles. The van der Waals surface area contributed by atoms with Crippen LogP contribution >= 0.6 is 11.6 Å². The first kappa shape index (κ1) is 18.6. The fourth-order valence-electron chi connectivity index (χ4n) is 4.05. The smallest absolute Gasteiger partial charge is 0.345 e. The summed E-state index contributed by atoms with van der Waals surface area (Å²) in [7, 11) is 0. The molecule has 2 atom stereocenters. The van der Waals surface area contributed by atoms with E-state index < -0.39 is 23.2 Å². The number of carbonyl (C=O) groups excluding carboxylic acids is 2. The number of piperidine rings is 1. The topological polar surface area (TPSA) is 89.8 Å². The molecule has 1 amide bonds. The largest absolute Gasteiger partial charge is 0.452 e. The molecule has 0 N–H and O–H groups in total. The molecule has 1 saturated heterocycles. The van der Waals surface area contributed by atoms with Crippen LogP contribution in [0.25, 0.3) is 0 Å². The maximum atomic E-state index is 12.6. The minimum atomic E-state index is -0.912. The van der Waals surface area contributed by atoms with E-state index in [1.165, 1.54) is 18.6 Å². The molecule has 2 fully saturated rings. The van der Waals surface area contributed by atoms with Crippen LogP contribution in [0.4, 0.5) is 5.69 Å². The summed E-state index contributed by atoms with van der Waals surface area (Å²) >= 11 is 5.82. The van der Waals surface area contributed by atoms with Gasteiger partial charge in [-0.2, -0.15) is 0 Å². The number of benzene rings is 1. The molecule has 140 valence electrons. The fourth-order valence-corrected chi connectivity index (χ4v) is 4.23. The summed E-state index contributed by atoms with van der Waals surface area (Å²) < 4.78 is 5.08.